The lowest BCUT2D eigenvalue weighted by Gasteiger charge is -2.47. The molecule has 1 saturated heterocycles. The highest BCUT2D eigenvalue weighted by molar-refractivity contribution is 5.99. The first-order valence-corrected chi connectivity index (χ1v) is 6.64. The maximum Gasteiger partial charge on any atom is 0.257 e. The van der Waals surface area contributed by atoms with E-state index in [4.69, 9.17) is 10.6 Å². The number of hydrogen-bond acceptors (Lipinski definition) is 5. The highest BCUT2D eigenvalue weighted by atomic mass is 16.5. The van der Waals surface area contributed by atoms with E-state index in [1.807, 2.05) is 27.7 Å². The summed E-state index contributed by atoms with van der Waals surface area (Å²) in [5, 5.41) is 0. The van der Waals surface area contributed by atoms with Gasteiger partial charge in [-0.3, -0.25) is 15.6 Å². The average molecular weight is 278 g/mol. The number of carbonyl (C=O) groups is 1. The van der Waals surface area contributed by atoms with Crippen molar-refractivity contribution in [1.29, 1.82) is 0 Å². The van der Waals surface area contributed by atoms with E-state index in [0.29, 0.717) is 24.3 Å². The summed E-state index contributed by atoms with van der Waals surface area (Å²) in [7, 11) is 0. The second-order valence-corrected chi connectivity index (χ2v) is 6.35. The maximum atomic E-state index is 12.7. The van der Waals surface area contributed by atoms with Crippen LogP contribution in [-0.4, -0.2) is 40.1 Å². The minimum Gasteiger partial charge on any atom is -0.366 e. The molecule has 0 radical (unpaired) electrons. The first-order chi connectivity index (χ1) is 9.24. The van der Waals surface area contributed by atoms with Gasteiger partial charge < -0.3 is 15.1 Å². The summed E-state index contributed by atoms with van der Waals surface area (Å²) >= 11 is 0. The largest absolute Gasteiger partial charge is 0.366 e. The Labute approximate surface area is 119 Å². The number of pyridine rings is 1. The molecule has 0 bridgehead atoms. The minimum absolute atomic E-state index is 0.0875. The number of hydrazine groups is 1. The normalized spacial score (nSPS) is 20.6. The van der Waals surface area contributed by atoms with Crippen molar-refractivity contribution in [3.05, 3.63) is 24.0 Å². The maximum absolute atomic E-state index is 12.7. The van der Waals surface area contributed by atoms with E-state index >= 15 is 0 Å². The Kier molecular flexibility index (Phi) is 3.71. The summed E-state index contributed by atoms with van der Waals surface area (Å²) in [6.45, 7) is 9.01. The lowest BCUT2D eigenvalue weighted by atomic mass is 9.98. The van der Waals surface area contributed by atoms with Crippen molar-refractivity contribution < 1.29 is 9.53 Å². The smallest absolute Gasteiger partial charge is 0.257 e. The van der Waals surface area contributed by atoms with E-state index in [-0.39, 0.29) is 17.1 Å². The van der Waals surface area contributed by atoms with Gasteiger partial charge in [0.15, 0.2) is 0 Å². The topological polar surface area (TPSA) is 80.5 Å². The number of ether oxygens (including phenoxy) is 1. The molecule has 0 unspecified atom stereocenters. The molecule has 1 aliphatic heterocycles. The van der Waals surface area contributed by atoms with Gasteiger partial charge in [0.1, 0.15) is 0 Å². The van der Waals surface area contributed by atoms with Crippen LogP contribution in [0.25, 0.3) is 0 Å². The highest BCUT2D eigenvalue weighted by Crippen LogP contribution is 2.29. The number of morpholine rings is 1. The number of rotatable bonds is 2. The van der Waals surface area contributed by atoms with Gasteiger partial charge in [0, 0.05) is 25.5 Å². The number of nitrogens with one attached hydrogen (secondary N) is 1. The molecule has 1 amide bonds. The van der Waals surface area contributed by atoms with Crippen molar-refractivity contribution in [1.82, 2.24) is 9.88 Å². The Morgan fingerprint density at radius 1 is 1.35 bits per heavy atom. The molecule has 20 heavy (non-hydrogen) atoms. The summed E-state index contributed by atoms with van der Waals surface area (Å²) in [4.78, 5) is 18.5. The molecule has 1 aromatic heterocycles. The van der Waals surface area contributed by atoms with Crippen LogP contribution in [0, 0.1) is 0 Å². The van der Waals surface area contributed by atoms with Crippen LogP contribution < -0.4 is 11.3 Å². The fourth-order valence-corrected chi connectivity index (χ4v) is 2.79. The van der Waals surface area contributed by atoms with E-state index in [2.05, 4.69) is 10.4 Å². The van der Waals surface area contributed by atoms with E-state index in [1.54, 1.807) is 17.2 Å². The van der Waals surface area contributed by atoms with Crippen LogP contribution in [0.4, 0.5) is 5.69 Å². The predicted molar refractivity (Wildman–Crippen MR) is 77.2 cm³/mol. The third-order valence-electron chi connectivity index (χ3n) is 3.19. The lowest BCUT2D eigenvalue weighted by molar-refractivity contribution is -0.171. The highest BCUT2D eigenvalue weighted by Gasteiger charge is 2.40. The zero-order chi connectivity index (χ0) is 15.0. The molecular weight excluding hydrogens is 256 g/mol. The minimum atomic E-state index is -0.379. The molecule has 0 spiro atoms. The van der Waals surface area contributed by atoms with Crippen molar-refractivity contribution in [2.75, 3.05) is 18.5 Å². The van der Waals surface area contributed by atoms with E-state index < -0.39 is 0 Å². The third-order valence-corrected chi connectivity index (χ3v) is 3.19. The number of carbonyl (C=O) groups excluding carboxylic acids is 1. The number of aromatic nitrogens is 1. The summed E-state index contributed by atoms with van der Waals surface area (Å²) in [6, 6.07) is 1.68. The van der Waals surface area contributed by atoms with E-state index in [9.17, 15) is 4.79 Å². The molecule has 110 valence electrons. The molecule has 2 heterocycles. The average Bonchev–Trinajstić information content (AvgIpc) is 2.34. The predicted octanol–water partition coefficient (Wildman–Crippen LogP) is 1.40. The van der Waals surface area contributed by atoms with Crippen molar-refractivity contribution in [3.63, 3.8) is 0 Å². The monoisotopic (exact) mass is 278 g/mol. The molecular formula is C14H22N4O2. The third kappa shape index (κ3) is 3.08. The number of hydrogen-bond donors (Lipinski definition) is 2. The zero-order valence-electron chi connectivity index (χ0n) is 12.4. The standard InChI is InChI=1S/C14H22N4O2/c1-13(2)8-18(9-14(3,4)20-13)12(19)10-7-16-6-5-11(10)17-15/h5-7H,8-9,15H2,1-4H3,(H,16,17). The zero-order valence-corrected chi connectivity index (χ0v) is 12.4. The van der Waals surface area contributed by atoms with Crippen LogP contribution in [0.1, 0.15) is 38.1 Å². The molecule has 6 heteroatoms. The van der Waals surface area contributed by atoms with E-state index in [1.165, 1.54) is 6.20 Å². The van der Waals surface area contributed by atoms with Gasteiger partial charge in [-0.25, -0.2) is 0 Å². The Balaban J connectivity index is 2.28. The van der Waals surface area contributed by atoms with Gasteiger partial charge in [-0.2, -0.15) is 0 Å². The SMILES string of the molecule is CC1(C)CN(C(=O)c2cnccc2NN)CC(C)(C)O1. The first-order valence-electron chi connectivity index (χ1n) is 6.64. The van der Waals surface area contributed by atoms with Crippen LogP contribution in [0.3, 0.4) is 0 Å². The second kappa shape index (κ2) is 5.03. The van der Waals surface area contributed by atoms with Gasteiger partial charge in [-0.1, -0.05) is 0 Å². The molecule has 0 atom stereocenters. The van der Waals surface area contributed by atoms with Crippen LogP contribution in [0.15, 0.2) is 18.5 Å². The second-order valence-electron chi connectivity index (χ2n) is 6.35. The molecule has 0 aliphatic carbocycles. The van der Waals surface area contributed by atoms with Gasteiger partial charge in [-0.15, -0.1) is 0 Å². The van der Waals surface area contributed by atoms with E-state index in [0.717, 1.165) is 0 Å². The van der Waals surface area contributed by atoms with Crippen LogP contribution >= 0.6 is 0 Å². The molecule has 2 rings (SSSR count). The Morgan fingerprint density at radius 2 is 1.95 bits per heavy atom. The number of anilines is 1. The summed E-state index contributed by atoms with van der Waals surface area (Å²) in [5.41, 5.74) is 2.83. The number of amides is 1. The van der Waals surface area contributed by atoms with Gasteiger partial charge >= 0.3 is 0 Å². The van der Waals surface area contributed by atoms with Gasteiger partial charge in [0.2, 0.25) is 0 Å². The fourth-order valence-electron chi connectivity index (χ4n) is 2.79. The number of nitrogens with zero attached hydrogens (tertiary/aromatic N) is 2. The molecule has 6 nitrogen and oxygen atoms in total. The first kappa shape index (κ1) is 14.7. The van der Waals surface area contributed by atoms with Gasteiger partial charge in [-0.05, 0) is 33.8 Å². The molecule has 1 aliphatic rings. The Hall–Kier alpha value is -1.66. The summed E-state index contributed by atoms with van der Waals surface area (Å²) in [6.07, 6.45) is 3.13. The van der Waals surface area contributed by atoms with Crippen LogP contribution in [0.5, 0.6) is 0 Å². The Bertz CT molecular complexity index is 498. The van der Waals surface area contributed by atoms with Crippen LogP contribution in [-0.2, 0) is 4.74 Å². The van der Waals surface area contributed by atoms with Gasteiger partial charge in [0.05, 0.1) is 22.5 Å². The lowest BCUT2D eigenvalue weighted by Crippen LogP contribution is -2.58. The number of nitrogen functional groups attached to an aromatic ring is 1. The molecule has 1 fully saturated rings. The van der Waals surface area contributed by atoms with Gasteiger partial charge in [0.25, 0.3) is 5.91 Å². The summed E-state index contributed by atoms with van der Waals surface area (Å²) < 4.78 is 5.98. The molecule has 0 saturated carbocycles. The number of nitrogens with two attached hydrogens (primary N) is 1. The summed E-state index contributed by atoms with van der Waals surface area (Å²) in [5.74, 6) is 5.36. The van der Waals surface area contributed by atoms with Crippen molar-refractivity contribution >= 4 is 11.6 Å². The fraction of sp³-hybridized carbons (Fsp3) is 0.571. The van der Waals surface area contributed by atoms with Crippen molar-refractivity contribution in [3.8, 4) is 0 Å². The van der Waals surface area contributed by atoms with Crippen molar-refractivity contribution in [2.45, 2.75) is 38.9 Å². The molecule has 3 N–H and O–H groups in total. The molecule has 0 aromatic carbocycles. The van der Waals surface area contributed by atoms with Crippen LogP contribution in [0.2, 0.25) is 0 Å². The Morgan fingerprint density at radius 3 is 2.50 bits per heavy atom. The molecule has 1 aromatic rings. The van der Waals surface area contributed by atoms with Crippen molar-refractivity contribution in [2.24, 2.45) is 5.84 Å². The quantitative estimate of drug-likeness (QED) is 0.631.